The van der Waals surface area contributed by atoms with Gasteiger partial charge in [0, 0.05) is 11.8 Å². The molecule has 0 aromatic carbocycles. The van der Waals surface area contributed by atoms with Gasteiger partial charge in [0.1, 0.15) is 5.78 Å². The van der Waals surface area contributed by atoms with Crippen LogP contribution in [0.4, 0.5) is 0 Å². The normalized spacial score (nSPS) is 38.2. The van der Waals surface area contributed by atoms with Crippen molar-refractivity contribution in [1.82, 2.24) is 0 Å². The van der Waals surface area contributed by atoms with Crippen LogP contribution in [-0.2, 0) is 14.6 Å². The minimum Gasteiger partial charge on any atom is -0.299 e. The Kier molecular flexibility index (Phi) is 2.65. The highest BCUT2D eigenvalue weighted by Gasteiger charge is 2.48. The molecule has 0 radical (unpaired) electrons. The van der Waals surface area contributed by atoms with Crippen LogP contribution >= 0.6 is 0 Å². The zero-order valence-electron chi connectivity index (χ0n) is 9.27. The topological polar surface area (TPSA) is 51.2 Å². The molecule has 0 spiro atoms. The van der Waals surface area contributed by atoms with Gasteiger partial charge < -0.3 is 0 Å². The van der Waals surface area contributed by atoms with Crippen molar-refractivity contribution in [2.75, 3.05) is 0 Å². The Morgan fingerprint density at radius 3 is 2.00 bits per heavy atom. The summed E-state index contributed by atoms with van der Waals surface area (Å²) in [4.78, 5) is 11.8. The second-order valence-corrected chi connectivity index (χ2v) is 7.65. The molecule has 2 aliphatic heterocycles. The van der Waals surface area contributed by atoms with Crippen LogP contribution < -0.4 is 0 Å². The molecule has 2 bridgehead atoms. The lowest BCUT2D eigenvalue weighted by Gasteiger charge is -2.27. The van der Waals surface area contributed by atoms with Gasteiger partial charge in [-0.1, -0.05) is 13.8 Å². The Morgan fingerprint density at radius 1 is 1.13 bits per heavy atom. The molecular formula is C11H18O3S. The smallest absolute Gasteiger partial charge is 0.156 e. The number of rotatable bonds is 2. The predicted molar refractivity (Wildman–Crippen MR) is 58.3 cm³/mol. The fourth-order valence-electron chi connectivity index (χ4n) is 2.91. The third-order valence-corrected chi connectivity index (χ3v) is 6.52. The van der Waals surface area contributed by atoms with E-state index < -0.39 is 9.84 Å². The zero-order valence-corrected chi connectivity index (χ0v) is 10.1. The van der Waals surface area contributed by atoms with Gasteiger partial charge in [0.2, 0.25) is 0 Å². The molecule has 0 amide bonds. The molecule has 2 heterocycles. The van der Waals surface area contributed by atoms with E-state index >= 15 is 0 Å². The van der Waals surface area contributed by atoms with Crippen molar-refractivity contribution in [2.24, 2.45) is 11.8 Å². The van der Waals surface area contributed by atoms with Gasteiger partial charge in [-0.2, -0.15) is 0 Å². The van der Waals surface area contributed by atoms with Gasteiger partial charge in [-0.25, -0.2) is 8.42 Å². The Hall–Kier alpha value is -0.380. The summed E-state index contributed by atoms with van der Waals surface area (Å²) in [7, 11) is -2.87. The average Bonchev–Trinajstić information content (AvgIpc) is 2.41. The molecule has 2 saturated heterocycles. The maximum Gasteiger partial charge on any atom is 0.156 e. The van der Waals surface area contributed by atoms with Gasteiger partial charge in [-0.15, -0.1) is 0 Å². The first-order valence-electron chi connectivity index (χ1n) is 5.69. The number of Topliss-reactive ketones (excluding diaryl/α,β-unsaturated/α-hetero) is 1. The highest BCUT2D eigenvalue weighted by atomic mass is 32.2. The van der Waals surface area contributed by atoms with Crippen LogP contribution in [0.15, 0.2) is 0 Å². The molecule has 0 aromatic heterocycles. The third-order valence-electron chi connectivity index (χ3n) is 3.81. The molecule has 0 aliphatic carbocycles. The highest BCUT2D eigenvalue weighted by molar-refractivity contribution is 7.93. The number of ketones is 1. The van der Waals surface area contributed by atoms with Crippen molar-refractivity contribution in [1.29, 1.82) is 0 Å². The van der Waals surface area contributed by atoms with E-state index in [0.29, 0.717) is 12.8 Å². The molecule has 4 heteroatoms. The number of carbonyl (C=O) groups excluding carboxylic acids is 1. The Balaban J connectivity index is 2.16. The standard InChI is InChI=1S/C11H18O3S/c1-7(2)11(12)8-5-9-3-4-10(6-8)15(9,13)14/h7-10H,3-6H2,1-2H3. The molecule has 0 N–H and O–H groups in total. The van der Waals surface area contributed by atoms with E-state index in [1.807, 2.05) is 13.8 Å². The number of fused-ring (bicyclic) bond motifs is 2. The Bertz CT molecular complexity index is 349. The van der Waals surface area contributed by atoms with Crippen molar-refractivity contribution in [3.8, 4) is 0 Å². The Morgan fingerprint density at radius 2 is 1.60 bits per heavy atom. The molecule has 15 heavy (non-hydrogen) atoms. The summed E-state index contributed by atoms with van der Waals surface area (Å²) in [5.41, 5.74) is 0. The van der Waals surface area contributed by atoms with Crippen molar-refractivity contribution in [3.05, 3.63) is 0 Å². The first-order chi connectivity index (χ1) is 6.93. The fraction of sp³-hybridized carbons (Fsp3) is 0.909. The molecule has 2 atom stereocenters. The molecule has 86 valence electrons. The van der Waals surface area contributed by atoms with Gasteiger partial charge in [0.15, 0.2) is 9.84 Å². The summed E-state index contributed by atoms with van der Waals surface area (Å²) >= 11 is 0. The second-order valence-electron chi connectivity index (χ2n) is 5.14. The van der Waals surface area contributed by atoms with Gasteiger partial charge in [-0.3, -0.25) is 4.79 Å². The van der Waals surface area contributed by atoms with Gasteiger partial charge in [-0.05, 0) is 25.7 Å². The lowest BCUT2D eigenvalue weighted by molar-refractivity contribution is -0.126. The highest BCUT2D eigenvalue weighted by Crippen LogP contribution is 2.41. The minimum atomic E-state index is -2.87. The lowest BCUT2D eigenvalue weighted by Crippen LogP contribution is -2.37. The van der Waals surface area contributed by atoms with Crippen LogP contribution in [0.25, 0.3) is 0 Å². The number of hydrogen-bond donors (Lipinski definition) is 0. The first kappa shape index (κ1) is 11.1. The van der Waals surface area contributed by atoms with Crippen molar-refractivity contribution in [2.45, 2.75) is 50.0 Å². The maximum absolute atomic E-state index is 11.8. The maximum atomic E-state index is 11.8. The van der Waals surface area contributed by atoms with Crippen LogP contribution in [0, 0.1) is 11.8 Å². The Labute approximate surface area is 91.2 Å². The van der Waals surface area contributed by atoms with E-state index in [4.69, 9.17) is 0 Å². The number of sulfone groups is 1. The summed E-state index contributed by atoms with van der Waals surface area (Å²) in [6.45, 7) is 3.79. The molecule has 2 fully saturated rings. The fourth-order valence-corrected chi connectivity index (χ4v) is 5.39. The largest absolute Gasteiger partial charge is 0.299 e. The predicted octanol–water partition coefficient (Wildman–Crippen LogP) is 1.57. The molecule has 2 aliphatic rings. The van der Waals surface area contributed by atoms with Gasteiger partial charge >= 0.3 is 0 Å². The van der Waals surface area contributed by atoms with E-state index in [2.05, 4.69) is 0 Å². The van der Waals surface area contributed by atoms with Crippen molar-refractivity contribution >= 4 is 15.6 Å². The van der Waals surface area contributed by atoms with Crippen LogP contribution in [0.1, 0.15) is 39.5 Å². The van der Waals surface area contributed by atoms with Gasteiger partial charge in [0.25, 0.3) is 0 Å². The van der Waals surface area contributed by atoms with E-state index in [1.54, 1.807) is 0 Å². The molecule has 0 aromatic rings. The first-order valence-corrected chi connectivity index (χ1v) is 7.30. The average molecular weight is 230 g/mol. The van der Waals surface area contributed by atoms with Crippen LogP contribution in [0.3, 0.4) is 0 Å². The van der Waals surface area contributed by atoms with Crippen LogP contribution in [-0.4, -0.2) is 24.7 Å². The monoisotopic (exact) mass is 230 g/mol. The van der Waals surface area contributed by atoms with Crippen LogP contribution in [0.5, 0.6) is 0 Å². The van der Waals surface area contributed by atoms with Crippen LogP contribution in [0.2, 0.25) is 0 Å². The van der Waals surface area contributed by atoms with Gasteiger partial charge in [0.05, 0.1) is 10.5 Å². The number of carbonyl (C=O) groups is 1. The second kappa shape index (κ2) is 3.58. The molecular weight excluding hydrogens is 212 g/mol. The molecule has 2 rings (SSSR count). The van der Waals surface area contributed by atoms with E-state index in [9.17, 15) is 13.2 Å². The van der Waals surface area contributed by atoms with E-state index in [1.165, 1.54) is 0 Å². The summed E-state index contributed by atoms with van der Waals surface area (Å²) in [5.74, 6) is 0.294. The SMILES string of the molecule is CC(C)C(=O)C1CC2CCC(C1)S2(=O)=O. The molecule has 3 nitrogen and oxygen atoms in total. The van der Waals surface area contributed by atoms with E-state index in [-0.39, 0.29) is 28.1 Å². The minimum absolute atomic E-state index is 0.00558. The quantitative estimate of drug-likeness (QED) is 0.723. The summed E-state index contributed by atoms with van der Waals surface area (Å²) in [5, 5.41) is -0.437. The number of hydrogen-bond acceptors (Lipinski definition) is 3. The summed E-state index contributed by atoms with van der Waals surface area (Å²) in [6.07, 6.45) is 2.70. The molecule has 0 saturated carbocycles. The zero-order chi connectivity index (χ0) is 11.2. The van der Waals surface area contributed by atoms with Crippen molar-refractivity contribution < 1.29 is 13.2 Å². The van der Waals surface area contributed by atoms with Crippen molar-refractivity contribution in [3.63, 3.8) is 0 Å². The summed E-state index contributed by atoms with van der Waals surface area (Å²) in [6, 6.07) is 0. The lowest BCUT2D eigenvalue weighted by atomic mass is 9.89. The molecule has 2 unspecified atom stereocenters. The third kappa shape index (κ3) is 1.73. The summed E-state index contributed by atoms with van der Waals surface area (Å²) < 4.78 is 23.6. The van der Waals surface area contributed by atoms with E-state index in [0.717, 1.165) is 12.8 Å².